The molecule has 0 saturated carbocycles. The number of piperidine rings is 1. The molecule has 0 atom stereocenters. The number of carbonyl (C=O) groups is 1. The van der Waals surface area contributed by atoms with E-state index in [1.165, 1.54) is 37.9 Å². The Hall–Kier alpha value is -2.53. The van der Waals surface area contributed by atoms with Gasteiger partial charge in [0.15, 0.2) is 0 Å². The van der Waals surface area contributed by atoms with Crippen LogP contribution >= 0.6 is 0 Å². The first kappa shape index (κ1) is 19.2. The molecule has 0 aliphatic carbocycles. The molecule has 0 unspecified atom stereocenters. The monoisotopic (exact) mass is 368 g/mol. The molecule has 144 valence electrons. The van der Waals surface area contributed by atoms with Crippen molar-refractivity contribution in [3.8, 4) is 11.5 Å². The summed E-state index contributed by atoms with van der Waals surface area (Å²) in [6.45, 7) is 4.20. The summed E-state index contributed by atoms with van der Waals surface area (Å²) in [6, 6.07) is 15.3. The molecular weight excluding hydrogens is 340 g/mol. The van der Waals surface area contributed by atoms with Gasteiger partial charge in [0.25, 0.3) is 5.91 Å². The van der Waals surface area contributed by atoms with Crippen LogP contribution in [0.4, 0.5) is 0 Å². The fourth-order valence-corrected chi connectivity index (χ4v) is 3.24. The second-order valence-electron chi connectivity index (χ2n) is 6.81. The largest absolute Gasteiger partial charge is 0.497 e. The van der Waals surface area contributed by atoms with Crippen molar-refractivity contribution in [1.82, 2.24) is 10.2 Å². The first-order chi connectivity index (χ1) is 13.2. The Kier molecular flexibility index (Phi) is 7.11. The van der Waals surface area contributed by atoms with E-state index in [1.54, 1.807) is 7.11 Å². The van der Waals surface area contributed by atoms with Crippen LogP contribution in [0.2, 0.25) is 0 Å². The molecule has 1 heterocycles. The van der Waals surface area contributed by atoms with Crippen molar-refractivity contribution in [3.05, 3.63) is 59.7 Å². The normalized spacial score (nSPS) is 14.6. The van der Waals surface area contributed by atoms with E-state index >= 15 is 0 Å². The molecule has 0 spiro atoms. The molecule has 2 aromatic rings. The second-order valence-corrected chi connectivity index (χ2v) is 6.81. The van der Waals surface area contributed by atoms with Crippen molar-refractivity contribution >= 4 is 5.91 Å². The minimum Gasteiger partial charge on any atom is -0.497 e. The first-order valence-corrected chi connectivity index (χ1v) is 9.61. The molecule has 1 N–H and O–H groups in total. The van der Waals surface area contributed by atoms with Crippen molar-refractivity contribution in [1.29, 1.82) is 0 Å². The maximum absolute atomic E-state index is 12.2. The standard InChI is InChI=1S/C22H28N2O3/c1-26-20-9-11-21(12-10-20)27-16-13-23-22(25)19-7-5-18(6-8-19)17-24-14-3-2-4-15-24/h5-12H,2-4,13-17H2,1H3,(H,23,25). The topological polar surface area (TPSA) is 50.8 Å². The van der Waals surface area contributed by atoms with Crippen LogP contribution in [0.25, 0.3) is 0 Å². The van der Waals surface area contributed by atoms with E-state index in [-0.39, 0.29) is 5.91 Å². The number of hydrogen-bond acceptors (Lipinski definition) is 4. The van der Waals surface area contributed by atoms with Crippen LogP contribution in [0.3, 0.4) is 0 Å². The Morgan fingerprint density at radius 2 is 1.63 bits per heavy atom. The van der Waals surface area contributed by atoms with E-state index in [0.717, 1.165) is 18.0 Å². The Balaban J connectivity index is 1.39. The van der Waals surface area contributed by atoms with E-state index in [9.17, 15) is 4.79 Å². The number of amides is 1. The van der Waals surface area contributed by atoms with Crippen LogP contribution in [0.1, 0.15) is 35.2 Å². The highest BCUT2D eigenvalue weighted by atomic mass is 16.5. The quantitative estimate of drug-likeness (QED) is 0.725. The SMILES string of the molecule is COc1ccc(OCCNC(=O)c2ccc(CN3CCCCC3)cc2)cc1. The Morgan fingerprint density at radius 1 is 0.963 bits per heavy atom. The lowest BCUT2D eigenvalue weighted by molar-refractivity contribution is 0.0947. The summed E-state index contributed by atoms with van der Waals surface area (Å²) < 4.78 is 10.7. The summed E-state index contributed by atoms with van der Waals surface area (Å²) in [7, 11) is 1.63. The Morgan fingerprint density at radius 3 is 2.30 bits per heavy atom. The molecule has 1 fully saturated rings. The van der Waals surface area contributed by atoms with Gasteiger partial charge in [-0.05, 0) is 67.9 Å². The van der Waals surface area contributed by atoms with Gasteiger partial charge in [-0.25, -0.2) is 0 Å². The summed E-state index contributed by atoms with van der Waals surface area (Å²) in [5.74, 6) is 1.48. The van der Waals surface area contributed by atoms with Gasteiger partial charge in [0.1, 0.15) is 18.1 Å². The van der Waals surface area contributed by atoms with Crippen LogP contribution in [-0.2, 0) is 6.54 Å². The van der Waals surface area contributed by atoms with Crippen molar-refractivity contribution in [3.63, 3.8) is 0 Å². The lowest BCUT2D eigenvalue weighted by Gasteiger charge is -2.26. The molecule has 1 aliphatic rings. The van der Waals surface area contributed by atoms with E-state index in [1.807, 2.05) is 36.4 Å². The Bertz CT molecular complexity index is 707. The summed E-state index contributed by atoms with van der Waals surface area (Å²) in [4.78, 5) is 14.7. The molecule has 27 heavy (non-hydrogen) atoms. The third-order valence-corrected chi connectivity index (χ3v) is 4.79. The molecule has 2 aromatic carbocycles. The predicted octanol–water partition coefficient (Wildman–Crippen LogP) is 3.49. The van der Waals surface area contributed by atoms with E-state index < -0.39 is 0 Å². The van der Waals surface area contributed by atoms with Crippen LogP contribution < -0.4 is 14.8 Å². The smallest absolute Gasteiger partial charge is 0.251 e. The molecule has 5 nitrogen and oxygen atoms in total. The van der Waals surface area contributed by atoms with Crippen LogP contribution in [0.15, 0.2) is 48.5 Å². The minimum absolute atomic E-state index is 0.0714. The fourth-order valence-electron chi connectivity index (χ4n) is 3.24. The van der Waals surface area contributed by atoms with Gasteiger partial charge in [-0.2, -0.15) is 0 Å². The summed E-state index contributed by atoms with van der Waals surface area (Å²) in [6.07, 6.45) is 3.93. The number of rotatable bonds is 8. The van der Waals surface area contributed by atoms with Gasteiger partial charge in [0, 0.05) is 12.1 Å². The van der Waals surface area contributed by atoms with Gasteiger partial charge in [-0.15, -0.1) is 0 Å². The highest BCUT2D eigenvalue weighted by Crippen LogP contribution is 2.17. The predicted molar refractivity (Wildman–Crippen MR) is 106 cm³/mol. The third-order valence-electron chi connectivity index (χ3n) is 4.79. The molecule has 0 bridgehead atoms. The molecule has 5 heteroatoms. The van der Waals surface area contributed by atoms with Gasteiger partial charge >= 0.3 is 0 Å². The molecule has 0 radical (unpaired) electrons. The number of nitrogens with zero attached hydrogens (tertiary/aromatic N) is 1. The molecule has 3 rings (SSSR count). The number of likely N-dealkylation sites (tertiary alicyclic amines) is 1. The number of carbonyl (C=O) groups excluding carboxylic acids is 1. The van der Waals surface area contributed by atoms with Crippen molar-refractivity contribution < 1.29 is 14.3 Å². The number of benzene rings is 2. The average molecular weight is 368 g/mol. The van der Waals surface area contributed by atoms with Gasteiger partial charge in [-0.3, -0.25) is 9.69 Å². The van der Waals surface area contributed by atoms with E-state index in [0.29, 0.717) is 18.7 Å². The van der Waals surface area contributed by atoms with Crippen LogP contribution in [0.5, 0.6) is 11.5 Å². The van der Waals surface area contributed by atoms with Crippen molar-refractivity contribution in [2.24, 2.45) is 0 Å². The van der Waals surface area contributed by atoms with E-state index in [4.69, 9.17) is 9.47 Å². The molecule has 1 aliphatic heterocycles. The van der Waals surface area contributed by atoms with E-state index in [2.05, 4.69) is 22.3 Å². The minimum atomic E-state index is -0.0714. The van der Waals surface area contributed by atoms with Crippen molar-refractivity contribution in [2.75, 3.05) is 33.4 Å². The second kappa shape index (κ2) is 9.97. The zero-order valence-corrected chi connectivity index (χ0v) is 15.9. The number of ether oxygens (including phenoxy) is 2. The van der Waals surface area contributed by atoms with Gasteiger partial charge in [-0.1, -0.05) is 18.6 Å². The highest BCUT2D eigenvalue weighted by molar-refractivity contribution is 5.94. The zero-order valence-electron chi connectivity index (χ0n) is 15.9. The van der Waals surface area contributed by atoms with Crippen LogP contribution in [-0.4, -0.2) is 44.2 Å². The first-order valence-electron chi connectivity index (χ1n) is 9.61. The zero-order chi connectivity index (χ0) is 18.9. The third kappa shape index (κ3) is 6.00. The fraction of sp³-hybridized carbons (Fsp3) is 0.409. The molecule has 1 saturated heterocycles. The molecule has 0 aromatic heterocycles. The lowest BCUT2D eigenvalue weighted by Crippen LogP contribution is -2.29. The summed E-state index contributed by atoms with van der Waals surface area (Å²) >= 11 is 0. The number of methoxy groups -OCH3 is 1. The van der Waals surface area contributed by atoms with Gasteiger partial charge in [0.2, 0.25) is 0 Å². The average Bonchev–Trinajstić information content (AvgIpc) is 2.73. The maximum Gasteiger partial charge on any atom is 0.251 e. The summed E-state index contributed by atoms with van der Waals surface area (Å²) in [5, 5.41) is 2.89. The highest BCUT2D eigenvalue weighted by Gasteiger charge is 2.11. The maximum atomic E-state index is 12.2. The number of hydrogen-bond donors (Lipinski definition) is 1. The molecular formula is C22H28N2O3. The van der Waals surface area contributed by atoms with Gasteiger partial charge in [0.05, 0.1) is 13.7 Å². The lowest BCUT2D eigenvalue weighted by atomic mass is 10.1. The Labute approximate surface area is 161 Å². The number of nitrogens with one attached hydrogen (secondary N) is 1. The summed E-state index contributed by atoms with van der Waals surface area (Å²) in [5.41, 5.74) is 1.94. The van der Waals surface area contributed by atoms with Gasteiger partial charge < -0.3 is 14.8 Å². The van der Waals surface area contributed by atoms with Crippen LogP contribution in [0, 0.1) is 0 Å². The van der Waals surface area contributed by atoms with Crippen molar-refractivity contribution in [2.45, 2.75) is 25.8 Å². The molecule has 1 amide bonds.